The molecular formula is C14H19Cl2N. The van der Waals surface area contributed by atoms with Crippen LogP contribution in [-0.2, 0) is 6.54 Å². The zero-order valence-electron chi connectivity index (χ0n) is 10.2. The van der Waals surface area contributed by atoms with Crippen LogP contribution in [0.3, 0.4) is 0 Å². The summed E-state index contributed by atoms with van der Waals surface area (Å²) in [6, 6.07) is 5.71. The van der Waals surface area contributed by atoms with Crippen molar-refractivity contribution in [3.8, 4) is 0 Å². The maximum Gasteiger partial charge on any atom is 0.0424 e. The lowest BCUT2D eigenvalue weighted by molar-refractivity contribution is 0.314. The Balaban J connectivity index is 1.85. The molecule has 1 aromatic rings. The first kappa shape index (κ1) is 13.2. The smallest absolute Gasteiger partial charge is 0.0424 e. The summed E-state index contributed by atoms with van der Waals surface area (Å²) >= 11 is 11.9. The Kier molecular flexibility index (Phi) is 4.35. The van der Waals surface area contributed by atoms with Gasteiger partial charge in [-0.05, 0) is 42.0 Å². The molecule has 2 rings (SSSR count). The maximum atomic E-state index is 5.97. The van der Waals surface area contributed by atoms with Crippen molar-refractivity contribution in [2.45, 2.75) is 39.2 Å². The van der Waals surface area contributed by atoms with Gasteiger partial charge in [0.1, 0.15) is 0 Å². The molecule has 17 heavy (non-hydrogen) atoms. The molecule has 0 amide bonds. The number of hydrogen-bond acceptors (Lipinski definition) is 1. The quantitative estimate of drug-likeness (QED) is 0.840. The molecular weight excluding hydrogens is 253 g/mol. The topological polar surface area (TPSA) is 12.0 Å². The fourth-order valence-corrected chi connectivity index (χ4v) is 3.20. The summed E-state index contributed by atoms with van der Waals surface area (Å²) in [6.45, 7) is 4.30. The molecule has 1 saturated carbocycles. The van der Waals surface area contributed by atoms with E-state index < -0.39 is 0 Å². The number of benzene rings is 1. The highest BCUT2D eigenvalue weighted by molar-refractivity contribution is 6.34. The van der Waals surface area contributed by atoms with E-state index in [1.807, 2.05) is 12.1 Å². The average Bonchev–Trinajstić information content (AvgIpc) is 2.64. The zero-order chi connectivity index (χ0) is 12.3. The third kappa shape index (κ3) is 3.87. The monoisotopic (exact) mass is 271 g/mol. The lowest BCUT2D eigenvalue weighted by Crippen LogP contribution is -2.29. The third-order valence-corrected chi connectivity index (χ3v) is 4.05. The largest absolute Gasteiger partial charge is 0.312 e. The van der Waals surface area contributed by atoms with Crippen LogP contribution in [0.4, 0.5) is 0 Å². The van der Waals surface area contributed by atoms with Crippen molar-refractivity contribution in [1.82, 2.24) is 5.32 Å². The summed E-state index contributed by atoms with van der Waals surface area (Å²) in [5, 5.41) is 4.94. The predicted molar refractivity (Wildman–Crippen MR) is 74.7 cm³/mol. The van der Waals surface area contributed by atoms with E-state index >= 15 is 0 Å². The van der Waals surface area contributed by atoms with Crippen molar-refractivity contribution in [1.29, 1.82) is 0 Å². The molecule has 0 atom stereocenters. The minimum atomic E-state index is 0.488. The van der Waals surface area contributed by atoms with E-state index in [0.29, 0.717) is 15.5 Å². The summed E-state index contributed by atoms with van der Waals surface area (Å²) in [5.74, 6) is 0. The first-order valence-corrected chi connectivity index (χ1v) is 6.99. The lowest BCUT2D eigenvalue weighted by atomic mass is 9.89. The van der Waals surface area contributed by atoms with Gasteiger partial charge in [-0.15, -0.1) is 0 Å². The Hall–Kier alpha value is -0.240. The fraction of sp³-hybridized carbons (Fsp3) is 0.571. The van der Waals surface area contributed by atoms with E-state index in [2.05, 4.69) is 12.2 Å². The Morgan fingerprint density at radius 3 is 2.29 bits per heavy atom. The average molecular weight is 272 g/mol. The van der Waals surface area contributed by atoms with Gasteiger partial charge < -0.3 is 5.32 Å². The first-order chi connectivity index (χ1) is 8.07. The molecule has 1 N–H and O–H groups in total. The second-order valence-electron chi connectivity index (χ2n) is 5.40. The first-order valence-electron chi connectivity index (χ1n) is 6.23. The van der Waals surface area contributed by atoms with Crippen LogP contribution >= 0.6 is 23.2 Å². The number of rotatable bonds is 4. The highest BCUT2D eigenvalue weighted by Gasteiger charge is 2.27. The van der Waals surface area contributed by atoms with Crippen LogP contribution in [0.2, 0.25) is 10.0 Å². The summed E-state index contributed by atoms with van der Waals surface area (Å²) in [7, 11) is 0. The molecule has 0 aliphatic heterocycles. The lowest BCUT2D eigenvalue weighted by Gasteiger charge is -2.23. The van der Waals surface area contributed by atoms with Gasteiger partial charge in [0.25, 0.3) is 0 Å². The molecule has 0 unspecified atom stereocenters. The van der Waals surface area contributed by atoms with Crippen molar-refractivity contribution < 1.29 is 0 Å². The molecule has 3 heteroatoms. The molecule has 0 aromatic heterocycles. The Bertz CT molecular complexity index is 364. The highest BCUT2D eigenvalue weighted by atomic mass is 35.5. The maximum absolute atomic E-state index is 5.97. The molecule has 94 valence electrons. The van der Waals surface area contributed by atoms with Crippen LogP contribution in [0.5, 0.6) is 0 Å². The fourth-order valence-electron chi connectivity index (χ4n) is 2.63. The SMILES string of the molecule is CC1(CNCc2cc(Cl)cc(Cl)c2)CCCC1. The highest BCUT2D eigenvalue weighted by Crippen LogP contribution is 2.36. The van der Waals surface area contributed by atoms with Gasteiger partial charge in [0.2, 0.25) is 0 Å². The van der Waals surface area contributed by atoms with Crippen molar-refractivity contribution in [3.05, 3.63) is 33.8 Å². The Labute approximate surface area is 114 Å². The van der Waals surface area contributed by atoms with Gasteiger partial charge in [-0.2, -0.15) is 0 Å². The van der Waals surface area contributed by atoms with Crippen LogP contribution in [0.25, 0.3) is 0 Å². The van der Waals surface area contributed by atoms with Crippen LogP contribution in [0, 0.1) is 5.41 Å². The standard InChI is InChI=1S/C14H19Cl2N/c1-14(4-2-3-5-14)10-17-9-11-6-12(15)8-13(16)7-11/h6-8,17H,2-5,9-10H2,1H3. The second-order valence-corrected chi connectivity index (χ2v) is 6.27. The van der Waals surface area contributed by atoms with Gasteiger partial charge in [-0.25, -0.2) is 0 Å². The van der Waals surface area contributed by atoms with E-state index in [1.54, 1.807) is 6.07 Å². The van der Waals surface area contributed by atoms with Crippen molar-refractivity contribution in [3.63, 3.8) is 0 Å². The minimum absolute atomic E-state index is 0.488. The molecule has 0 saturated heterocycles. The number of hydrogen-bond donors (Lipinski definition) is 1. The molecule has 0 bridgehead atoms. The molecule has 1 aromatic carbocycles. The molecule has 0 radical (unpaired) electrons. The van der Waals surface area contributed by atoms with Gasteiger partial charge in [-0.3, -0.25) is 0 Å². The Morgan fingerprint density at radius 2 is 1.71 bits per heavy atom. The molecule has 1 aliphatic rings. The van der Waals surface area contributed by atoms with Crippen LogP contribution in [0.1, 0.15) is 38.2 Å². The summed E-state index contributed by atoms with van der Waals surface area (Å²) < 4.78 is 0. The van der Waals surface area contributed by atoms with Crippen LogP contribution in [0.15, 0.2) is 18.2 Å². The molecule has 1 aliphatic carbocycles. The van der Waals surface area contributed by atoms with Crippen molar-refractivity contribution in [2.24, 2.45) is 5.41 Å². The number of halogens is 2. The van der Waals surface area contributed by atoms with Gasteiger partial charge in [0.15, 0.2) is 0 Å². The van der Waals surface area contributed by atoms with Gasteiger partial charge >= 0.3 is 0 Å². The van der Waals surface area contributed by atoms with E-state index in [4.69, 9.17) is 23.2 Å². The predicted octanol–water partition coefficient (Wildman–Crippen LogP) is 4.66. The van der Waals surface area contributed by atoms with E-state index in [9.17, 15) is 0 Å². The van der Waals surface area contributed by atoms with E-state index in [0.717, 1.165) is 18.7 Å². The molecule has 1 fully saturated rings. The van der Waals surface area contributed by atoms with Gasteiger partial charge in [0, 0.05) is 23.1 Å². The minimum Gasteiger partial charge on any atom is -0.312 e. The zero-order valence-corrected chi connectivity index (χ0v) is 11.7. The van der Waals surface area contributed by atoms with Crippen molar-refractivity contribution >= 4 is 23.2 Å². The molecule has 0 heterocycles. The summed E-state index contributed by atoms with van der Waals surface area (Å²) in [4.78, 5) is 0. The third-order valence-electron chi connectivity index (χ3n) is 3.61. The van der Waals surface area contributed by atoms with E-state index in [-0.39, 0.29) is 0 Å². The normalized spacial score (nSPS) is 18.5. The van der Waals surface area contributed by atoms with Gasteiger partial charge in [-0.1, -0.05) is 43.0 Å². The molecule has 0 spiro atoms. The second kappa shape index (κ2) is 5.60. The van der Waals surface area contributed by atoms with E-state index in [1.165, 1.54) is 25.7 Å². The van der Waals surface area contributed by atoms with Crippen LogP contribution < -0.4 is 5.32 Å². The van der Waals surface area contributed by atoms with Gasteiger partial charge in [0.05, 0.1) is 0 Å². The van der Waals surface area contributed by atoms with Crippen LogP contribution in [-0.4, -0.2) is 6.54 Å². The van der Waals surface area contributed by atoms with Crippen molar-refractivity contribution in [2.75, 3.05) is 6.54 Å². The Morgan fingerprint density at radius 1 is 1.12 bits per heavy atom. The molecule has 1 nitrogen and oxygen atoms in total. The summed E-state index contributed by atoms with van der Waals surface area (Å²) in [6.07, 6.45) is 5.44. The summed E-state index contributed by atoms with van der Waals surface area (Å²) in [5.41, 5.74) is 1.65. The number of nitrogens with one attached hydrogen (secondary N) is 1.